The van der Waals surface area contributed by atoms with Crippen molar-refractivity contribution < 1.29 is 23.6 Å². The SMILES string of the molecule is CC(=O)NCc1ccc(C(=O)NCCN2C(=O)S/C(=C/c3ccc(F)cc3)C2=O)s1. The molecule has 1 fully saturated rings. The number of thioether (sulfide) groups is 1. The van der Waals surface area contributed by atoms with Crippen LogP contribution in [0.3, 0.4) is 0 Å². The van der Waals surface area contributed by atoms with Gasteiger partial charge in [0, 0.05) is 24.9 Å². The highest BCUT2D eigenvalue weighted by molar-refractivity contribution is 8.18. The molecule has 2 aromatic rings. The first-order valence-electron chi connectivity index (χ1n) is 8.96. The molecule has 1 aromatic carbocycles. The largest absolute Gasteiger partial charge is 0.351 e. The van der Waals surface area contributed by atoms with E-state index in [0.29, 0.717) is 17.0 Å². The first-order chi connectivity index (χ1) is 14.3. The van der Waals surface area contributed by atoms with Gasteiger partial charge < -0.3 is 10.6 Å². The fraction of sp³-hybridized carbons (Fsp3) is 0.200. The van der Waals surface area contributed by atoms with E-state index >= 15 is 0 Å². The lowest BCUT2D eigenvalue weighted by Gasteiger charge is -2.12. The van der Waals surface area contributed by atoms with Crippen LogP contribution in [0.15, 0.2) is 41.3 Å². The summed E-state index contributed by atoms with van der Waals surface area (Å²) in [6.07, 6.45) is 1.53. The Labute approximate surface area is 180 Å². The average molecular weight is 448 g/mol. The van der Waals surface area contributed by atoms with Crippen LogP contribution in [0.4, 0.5) is 9.18 Å². The Hall–Kier alpha value is -2.98. The number of nitrogens with one attached hydrogen (secondary N) is 2. The van der Waals surface area contributed by atoms with Crippen LogP contribution in [0.25, 0.3) is 6.08 Å². The van der Waals surface area contributed by atoms with Crippen molar-refractivity contribution in [3.63, 3.8) is 0 Å². The fourth-order valence-corrected chi connectivity index (χ4v) is 4.31. The molecule has 7 nitrogen and oxygen atoms in total. The maximum Gasteiger partial charge on any atom is 0.293 e. The van der Waals surface area contributed by atoms with Gasteiger partial charge in [0.05, 0.1) is 16.3 Å². The summed E-state index contributed by atoms with van der Waals surface area (Å²) < 4.78 is 13.0. The highest BCUT2D eigenvalue weighted by atomic mass is 32.2. The summed E-state index contributed by atoms with van der Waals surface area (Å²) in [5, 5.41) is 4.92. The second-order valence-corrected chi connectivity index (χ2v) is 8.48. The predicted octanol–water partition coefficient (Wildman–Crippen LogP) is 2.99. The van der Waals surface area contributed by atoms with Crippen molar-refractivity contribution >= 4 is 52.1 Å². The zero-order valence-corrected chi connectivity index (χ0v) is 17.6. The maximum atomic E-state index is 13.0. The van der Waals surface area contributed by atoms with Gasteiger partial charge in [-0.05, 0) is 47.7 Å². The summed E-state index contributed by atoms with van der Waals surface area (Å²) in [5.74, 6) is -1.30. The van der Waals surface area contributed by atoms with Crippen molar-refractivity contribution in [1.29, 1.82) is 0 Å². The van der Waals surface area contributed by atoms with Gasteiger partial charge >= 0.3 is 0 Å². The molecule has 156 valence electrons. The number of nitrogens with zero attached hydrogens (tertiary/aromatic N) is 1. The van der Waals surface area contributed by atoms with Crippen LogP contribution in [-0.2, 0) is 16.1 Å². The van der Waals surface area contributed by atoms with Crippen molar-refractivity contribution in [3.8, 4) is 0 Å². The predicted molar refractivity (Wildman–Crippen MR) is 113 cm³/mol. The fourth-order valence-electron chi connectivity index (χ4n) is 2.58. The van der Waals surface area contributed by atoms with Gasteiger partial charge in [0.25, 0.3) is 17.1 Å². The first kappa shape index (κ1) is 21.7. The van der Waals surface area contributed by atoms with Crippen molar-refractivity contribution in [2.75, 3.05) is 13.1 Å². The summed E-state index contributed by atoms with van der Waals surface area (Å²) in [5.41, 5.74) is 0.614. The molecule has 0 radical (unpaired) electrons. The van der Waals surface area contributed by atoms with Gasteiger partial charge in [-0.3, -0.25) is 24.1 Å². The highest BCUT2D eigenvalue weighted by Gasteiger charge is 2.34. The van der Waals surface area contributed by atoms with Gasteiger partial charge in [0.1, 0.15) is 5.82 Å². The normalized spacial score (nSPS) is 15.0. The molecule has 10 heteroatoms. The molecule has 2 heterocycles. The second kappa shape index (κ2) is 9.68. The van der Waals surface area contributed by atoms with Gasteiger partial charge in [-0.2, -0.15) is 0 Å². The van der Waals surface area contributed by atoms with Crippen LogP contribution >= 0.6 is 23.1 Å². The summed E-state index contributed by atoms with van der Waals surface area (Å²) in [6.45, 7) is 1.92. The van der Waals surface area contributed by atoms with E-state index in [9.17, 15) is 23.6 Å². The van der Waals surface area contributed by atoms with Crippen LogP contribution in [0.5, 0.6) is 0 Å². The number of imide groups is 1. The third-order valence-corrected chi connectivity index (χ3v) is 6.05. The minimum absolute atomic E-state index is 0.0429. The second-order valence-electron chi connectivity index (χ2n) is 6.32. The molecule has 0 atom stereocenters. The Bertz CT molecular complexity index is 1020. The highest BCUT2D eigenvalue weighted by Crippen LogP contribution is 2.31. The van der Waals surface area contributed by atoms with Crippen molar-refractivity contribution in [2.24, 2.45) is 0 Å². The number of carbonyl (C=O) groups is 4. The van der Waals surface area contributed by atoms with Gasteiger partial charge in [-0.15, -0.1) is 11.3 Å². The standard InChI is InChI=1S/C20H18FN3O4S2/c1-12(25)23-11-15-6-7-16(29-15)18(26)22-8-9-24-19(27)17(30-20(24)28)10-13-2-4-14(21)5-3-13/h2-7,10H,8-9,11H2,1H3,(H,22,26)(H,23,25)/b17-10+. The number of amides is 4. The van der Waals surface area contributed by atoms with Gasteiger partial charge in [-0.1, -0.05) is 12.1 Å². The molecule has 0 unspecified atom stereocenters. The van der Waals surface area contributed by atoms with Crippen molar-refractivity contribution in [1.82, 2.24) is 15.5 Å². The molecule has 1 aromatic heterocycles. The van der Waals surface area contributed by atoms with Crippen molar-refractivity contribution in [3.05, 3.63) is 62.4 Å². The number of carbonyl (C=O) groups excluding carboxylic acids is 4. The molecular formula is C20H18FN3O4S2. The quantitative estimate of drug-likeness (QED) is 0.637. The molecule has 1 saturated heterocycles. The Morgan fingerprint density at radius 2 is 1.83 bits per heavy atom. The lowest BCUT2D eigenvalue weighted by molar-refractivity contribution is -0.122. The zero-order chi connectivity index (χ0) is 21.7. The zero-order valence-electron chi connectivity index (χ0n) is 15.9. The number of benzene rings is 1. The van der Waals surface area contributed by atoms with Crippen LogP contribution < -0.4 is 10.6 Å². The van der Waals surface area contributed by atoms with Crippen LogP contribution in [0.1, 0.15) is 27.0 Å². The molecule has 0 aliphatic carbocycles. The maximum absolute atomic E-state index is 13.0. The minimum Gasteiger partial charge on any atom is -0.351 e. The van der Waals surface area contributed by atoms with Gasteiger partial charge in [-0.25, -0.2) is 4.39 Å². The molecule has 0 bridgehead atoms. The average Bonchev–Trinajstić information content (AvgIpc) is 3.28. The summed E-state index contributed by atoms with van der Waals surface area (Å²) >= 11 is 2.06. The van der Waals surface area contributed by atoms with Crippen LogP contribution in [-0.4, -0.2) is 41.0 Å². The van der Waals surface area contributed by atoms with E-state index in [1.165, 1.54) is 48.6 Å². The molecule has 4 amide bonds. The Balaban J connectivity index is 1.52. The molecule has 3 rings (SSSR count). The molecule has 0 spiro atoms. The van der Waals surface area contributed by atoms with Gasteiger partial charge in [0.15, 0.2) is 0 Å². The van der Waals surface area contributed by atoms with Crippen molar-refractivity contribution in [2.45, 2.75) is 13.5 Å². The number of hydrogen-bond acceptors (Lipinski definition) is 6. The third-order valence-electron chi connectivity index (χ3n) is 4.06. The molecule has 0 saturated carbocycles. The van der Waals surface area contributed by atoms with E-state index in [4.69, 9.17) is 0 Å². The number of rotatable bonds is 7. The smallest absolute Gasteiger partial charge is 0.293 e. The van der Waals surface area contributed by atoms with E-state index in [2.05, 4.69) is 10.6 Å². The lowest BCUT2D eigenvalue weighted by Crippen LogP contribution is -2.37. The summed E-state index contributed by atoms with van der Waals surface area (Å²) in [7, 11) is 0. The van der Waals surface area contributed by atoms with Crippen LogP contribution in [0, 0.1) is 5.82 Å². The lowest BCUT2D eigenvalue weighted by atomic mass is 10.2. The Morgan fingerprint density at radius 3 is 2.53 bits per heavy atom. The monoisotopic (exact) mass is 447 g/mol. The third kappa shape index (κ3) is 5.55. The molecule has 1 aliphatic heterocycles. The first-order valence-corrected chi connectivity index (χ1v) is 10.6. The molecular weight excluding hydrogens is 429 g/mol. The Kier molecular flexibility index (Phi) is 7.01. The summed E-state index contributed by atoms with van der Waals surface area (Å²) in [4.78, 5) is 50.4. The van der Waals surface area contributed by atoms with E-state index in [0.717, 1.165) is 21.5 Å². The van der Waals surface area contributed by atoms with Gasteiger partial charge in [0.2, 0.25) is 5.91 Å². The number of hydrogen-bond donors (Lipinski definition) is 2. The Morgan fingerprint density at radius 1 is 1.10 bits per heavy atom. The van der Waals surface area contributed by atoms with E-state index in [1.54, 1.807) is 12.1 Å². The molecule has 30 heavy (non-hydrogen) atoms. The van der Waals surface area contributed by atoms with Crippen LogP contribution in [0.2, 0.25) is 0 Å². The van der Waals surface area contributed by atoms with E-state index < -0.39 is 11.1 Å². The number of thiophene rings is 1. The van der Waals surface area contributed by atoms with E-state index in [-0.39, 0.29) is 35.6 Å². The molecule has 2 N–H and O–H groups in total. The van der Waals surface area contributed by atoms with E-state index in [1.807, 2.05) is 0 Å². The minimum atomic E-state index is -0.447. The summed E-state index contributed by atoms with van der Waals surface area (Å²) in [6, 6.07) is 9.00. The molecule has 1 aliphatic rings. The topological polar surface area (TPSA) is 95.6 Å². The number of halogens is 1.